The number of rotatable bonds is 4. The second kappa shape index (κ2) is 7.38. The highest BCUT2D eigenvalue weighted by Crippen LogP contribution is 2.25. The lowest BCUT2D eigenvalue weighted by molar-refractivity contribution is -0.153. The number of carbonyl (C=O) groups excluding carboxylic acids is 2. The van der Waals surface area contributed by atoms with Crippen LogP contribution < -0.4 is 5.32 Å². The molecule has 6 nitrogen and oxygen atoms in total. The molecular formula is C14H13Cl2NO5. The van der Waals surface area contributed by atoms with E-state index in [4.69, 9.17) is 37.4 Å². The summed E-state index contributed by atoms with van der Waals surface area (Å²) in [7, 11) is 0. The molecule has 0 unspecified atom stereocenters. The summed E-state index contributed by atoms with van der Waals surface area (Å²) in [5, 5.41) is 3.28. The highest BCUT2D eigenvalue weighted by molar-refractivity contribution is 6.36. The molecule has 1 atom stereocenters. The van der Waals surface area contributed by atoms with Crippen LogP contribution in [0.15, 0.2) is 30.2 Å². The van der Waals surface area contributed by atoms with Gasteiger partial charge in [-0.3, -0.25) is 4.79 Å². The Bertz CT molecular complexity index is 617. The Kier molecular flexibility index (Phi) is 5.51. The molecule has 118 valence electrons. The summed E-state index contributed by atoms with van der Waals surface area (Å²) >= 11 is 11.7. The minimum atomic E-state index is -1.04. The summed E-state index contributed by atoms with van der Waals surface area (Å²) in [5.41, 5.74) is 0.371. The number of amides is 1. The molecular weight excluding hydrogens is 333 g/mol. The van der Waals surface area contributed by atoms with Gasteiger partial charge in [0.1, 0.15) is 19.5 Å². The number of esters is 1. The maximum Gasteiger partial charge on any atom is 0.377 e. The number of carbonyl (C=O) groups is 2. The van der Waals surface area contributed by atoms with Crippen molar-refractivity contribution < 1.29 is 23.8 Å². The predicted molar refractivity (Wildman–Crippen MR) is 80.6 cm³/mol. The average molecular weight is 346 g/mol. The van der Waals surface area contributed by atoms with Gasteiger partial charge in [-0.15, -0.1) is 0 Å². The summed E-state index contributed by atoms with van der Waals surface area (Å²) in [6.45, 7) is 2.05. The molecule has 8 heteroatoms. The number of ether oxygens (including phenoxy) is 3. The lowest BCUT2D eigenvalue weighted by Crippen LogP contribution is -2.31. The second-order valence-electron chi connectivity index (χ2n) is 4.36. The van der Waals surface area contributed by atoms with Crippen LogP contribution in [0.4, 0.5) is 5.69 Å². The van der Waals surface area contributed by atoms with Crippen molar-refractivity contribution in [3.63, 3.8) is 0 Å². The van der Waals surface area contributed by atoms with E-state index in [1.165, 1.54) is 13.0 Å². The van der Waals surface area contributed by atoms with Gasteiger partial charge in [0, 0.05) is 5.02 Å². The van der Waals surface area contributed by atoms with E-state index >= 15 is 0 Å². The molecule has 1 N–H and O–H groups in total. The van der Waals surface area contributed by atoms with Crippen molar-refractivity contribution >= 4 is 40.8 Å². The van der Waals surface area contributed by atoms with Crippen LogP contribution in [0.5, 0.6) is 0 Å². The van der Waals surface area contributed by atoms with E-state index in [1.807, 2.05) is 0 Å². The third-order valence-corrected chi connectivity index (χ3v) is 3.24. The fourth-order valence-corrected chi connectivity index (χ4v) is 2.03. The number of benzene rings is 1. The Morgan fingerprint density at radius 1 is 1.32 bits per heavy atom. The Hall–Kier alpha value is -1.92. The van der Waals surface area contributed by atoms with Crippen LogP contribution in [0.2, 0.25) is 10.0 Å². The summed E-state index contributed by atoms with van der Waals surface area (Å²) < 4.78 is 15.0. The fourth-order valence-electron chi connectivity index (χ4n) is 1.57. The van der Waals surface area contributed by atoms with Gasteiger partial charge in [0.05, 0.1) is 10.7 Å². The van der Waals surface area contributed by atoms with Crippen LogP contribution in [-0.2, 0) is 23.8 Å². The SMILES string of the molecule is C[C@H](OC(=O)C1=COCCO1)C(=O)Nc1ccc(Cl)cc1Cl. The molecule has 0 aliphatic carbocycles. The molecule has 0 bridgehead atoms. The standard InChI is InChI=1S/C14H13Cl2NO5/c1-8(22-14(19)12-7-20-4-5-21-12)13(18)17-11-3-2-9(15)6-10(11)16/h2-3,6-8H,4-5H2,1H3,(H,17,18)/t8-/m0/s1. The monoisotopic (exact) mass is 345 g/mol. The van der Waals surface area contributed by atoms with Gasteiger partial charge in [-0.25, -0.2) is 4.79 Å². The zero-order chi connectivity index (χ0) is 16.1. The Morgan fingerprint density at radius 3 is 2.73 bits per heavy atom. The van der Waals surface area contributed by atoms with Crippen LogP contribution >= 0.6 is 23.2 Å². The zero-order valence-electron chi connectivity index (χ0n) is 11.6. The Morgan fingerprint density at radius 2 is 2.09 bits per heavy atom. The molecule has 1 amide bonds. The first-order chi connectivity index (χ1) is 10.5. The van der Waals surface area contributed by atoms with Crippen LogP contribution in [0.3, 0.4) is 0 Å². The van der Waals surface area contributed by atoms with Gasteiger partial charge < -0.3 is 19.5 Å². The van der Waals surface area contributed by atoms with Crippen molar-refractivity contribution in [1.29, 1.82) is 0 Å². The van der Waals surface area contributed by atoms with E-state index in [0.717, 1.165) is 6.26 Å². The normalized spacial score (nSPS) is 15.0. The van der Waals surface area contributed by atoms with E-state index in [-0.39, 0.29) is 17.4 Å². The van der Waals surface area contributed by atoms with Crippen molar-refractivity contribution in [2.24, 2.45) is 0 Å². The Labute approximate surface area is 136 Å². The van der Waals surface area contributed by atoms with E-state index in [2.05, 4.69) is 5.32 Å². The first-order valence-corrected chi connectivity index (χ1v) is 7.14. The fraction of sp³-hybridized carbons (Fsp3) is 0.286. The smallest absolute Gasteiger partial charge is 0.377 e. The van der Waals surface area contributed by atoms with Gasteiger partial charge in [-0.1, -0.05) is 23.2 Å². The number of hydrogen-bond donors (Lipinski definition) is 1. The molecule has 0 spiro atoms. The molecule has 0 fully saturated rings. The van der Waals surface area contributed by atoms with Gasteiger partial charge in [0.2, 0.25) is 5.76 Å². The molecule has 0 aromatic heterocycles. The largest absolute Gasteiger partial charge is 0.493 e. The van der Waals surface area contributed by atoms with Crippen molar-refractivity contribution in [1.82, 2.24) is 0 Å². The molecule has 1 heterocycles. The van der Waals surface area contributed by atoms with Gasteiger partial charge in [0.25, 0.3) is 5.91 Å². The maximum absolute atomic E-state index is 12.0. The van der Waals surface area contributed by atoms with Crippen LogP contribution in [0.1, 0.15) is 6.92 Å². The highest BCUT2D eigenvalue weighted by Gasteiger charge is 2.23. The molecule has 0 radical (unpaired) electrons. The average Bonchev–Trinajstić information content (AvgIpc) is 2.50. The molecule has 0 saturated heterocycles. The number of nitrogens with one attached hydrogen (secondary N) is 1. The first kappa shape index (κ1) is 16.5. The molecule has 2 rings (SSSR count). The van der Waals surface area contributed by atoms with Crippen LogP contribution in [0.25, 0.3) is 0 Å². The van der Waals surface area contributed by atoms with E-state index in [0.29, 0.717) is 17.3 Å². The summed E-state index contributed by atoms with van der Waals surface area (Å²) in [5.74, 6) is -1.38. The van der Waals surface area contributed by atoms with Gasteiger partial charge in [-0.05, 0) is 25.1 Å². The molecule has 1 aromatic carbocycles. The minimum absolute atomic E-state index is 0.0737. The second-order valence-corrected chi connectivity index (χ2v) is 5.21. The Balaban J connectivity index is 1.94. The third-order valence-electron chi connectivity index (χ3n) is 2.69. The van der Waals surface area contributed by atoms with Crippen molar-refractivity contribution in [3.8, 4) is 0 Å². The van der Waals surface area contributed by atoms with Gasteiger partial charge in [-0.2, -0.15) is 0 Å². The maximum atomic E-state index is 12.0. The molecule has 0 saturated carbocycles. The zero-order valence-corrected chi connectivity index (χ0v) is 13.1. The molecule has 22 heavy (non-hydrogen) atoms. The van der Waals surface area contributed by atoms with Crippen molar-refractivity contribution in [3.05, 3.63) is 40.3 Å². The quantitative estimate of drug-likeness (QED) is 0.849. The van der Waals surface area contributed by atoms with Crippen molar-refractivity contribution in [2.45, 2.75) is 13.0 Å². The predicted octanol–water partition coefficient (Wildman–Crippen LogP) is 2.75. The van der Waals surface area contributed by atoms with Crippen molar-refractivity contribution in [2.75, 3.05) is 18.5 Å². The van der Waals surface area contributed by atoms with Gasteiger partial charge >= 0.3 is 5.97 Å². The van der Waals surface area contributed by atoms with E-state index in [9.17, 15) is 9.59 Å². The lowest BCUT2D eigenvalue weighted by atomic mass is 10.3. The molecule has 1 aliphatic heterocycles. The van der Waals surface area contributed by atoms with E-state index in [1.54, 1.807) is 12.1 Å². The van der Waals surface area contributed by atoms with Crippen LogP contribution in [-0.4, -0.2) is 31.2 Å². The number of hydrogen-bond acceptors (Lipinski definition) is 5. The highest BCUT2D eigenvalue weighted by atomic mass is 35.5. The molecule has 1 aliphatic rings. The van der Waals surface area contributed by atoms with E-state index < -0.39 is 18.0 Å². The number of halogens is 2. The number of anilines is 1. The summed E-state index contributed by atoms with van der Waals surface area (Å²) in [6.07, 6.45) is 0.123. The lowest BCUT2D eigenvalue weighted by Gasteiger charge is -2.17. The first-order valence-electron chi connectivity index (χ1n) is 6.39. The summed E-state index contributed by atoms with van der Waals surface area (Å²) in [4.78, 5) is 23.8. The minimum Gasteiger partial charge on any atom is -0.493 e. The topological polar surface area (TPSA) is 73.9 Å². The van der Waals surface area contributed by atoms with Crippen LogP contribution in [0, 0.1) is 0 Å². The summed E-state index contributed by atoms with van der Waals surface area (Å²) in [6, 6.07) is 4.63. The molecule has 1 aromatic rings. The third kappa shape index (κ3) is 4.29. The van der Waals surface area contributed by atoms with Gasteiger partial charge in [0.15, 0.2) is 6.10 Å².